The Balaban J connectivity index is 2.44. The number of nitrogens with two attached hydrogens (primary N) is 1. The highest BCUT2D eigenvalue weighted by Crippen LogP contribution is 2.35. The van der Waals surface area contributed by atoms with E-state index in [0.717, 1.165) is 6.07 Å². The first-order valence-electron chi connectivity index (χ1n) is 5.46. The quantitative estimate of drug-likeness (QED) is 0.528. The minimum atomic E-state index is -3.94. The minimum Gasteiger partial charge on any atom is -0.506 e. The van der Waals surface area contributed by atoms with Crippen LogP contribution in [-0.4, -0.2) is 13.5 Å². The fourth-order valence-corrected chi connectivity index (χ4v) is 4.08. The third-order valence-corrected chi connectivity index (χ3v) is 4.95. The monoisotopic (exact) mass is 410 g/mol. The first-order chi connectivity index (χ1) is 9.70. The molecular formula is C12H9BrCl2N2O3S. The number of nitrogen functional groups attached to an aromatic ring is 1. The summed E-state index contributed by atoms with van der Waals surface area (Å²) in [6, 6.07) is 6.56. The predicted octanol–water partition coefficient (Wildman–Crippen LogP) is 3.84. The molecule has 0 amide bonds. The molecule has 2 aromatic carbocycles. The van der Waals surface area contributed by atoms with Crippen molar-refractivity contribution in [3.8, 4) is 5.75 Å². The maximum Gasteiger partial charge on any atom is 0.262 e. The summed E-state index contributed by atoms with van der Waals surface area (Å²) in [4.78, 5) is -0.118. The maximum absolute atomic E-state index is 12.3. The van der Waals surface area contributed by atoms with Crippen molar-refractivity contribution in [2.45, 2.75) is 4.90 Å². The largest absolute Gasteiger partial charge is 0.506 e. The van der Waals surface area contributed by atoms with E-state index in [1.165, 1.54) is 24.3 Å². The van der Waals surface area contributed by atoms with Crippen LogP contribution in [0.5, 0.6) is 5.75 Å². The van der Waals surface area contributed by atoms with Crippen LogP contribution in [-0.2, 0) is 10.0 Å². The third-order valence-electron chi connectivity index (χ3n) is 2.55. The summed E-state index contributed by atoms with van der Waals surface area (Å²) >= 11 is 15.2. The highest BCUT2D eigenvalue weighted by Gasteiger charge is 2.19. The second-order valence-corrected chi connectivity index (χ2v) is 7.48. The highest BCUT2D eigenvalue weighted by atomic mass is 79.9. The van der Waals surface area contributed by atoms with Gasteiger partial charge in [-0.25, -0.2) is 8.42 Å². The van der Waals surface area contributed by atoms with Gasteiger partial charge in [0.1, 0.15) is 5.75 Å². The zero-order valence-electron chi connectivity index (χ0n) is 10.3. The number of hydrogen-bond acceptors (Lipinski definition) is 4. The van der Waals surface area contributed by atoms with Gasteiger partial charge in [-0.3, -0.25) is 4.72 Å². The molecule has 5 nitrogen and oxygen atoms in total. The predicted molar refractivity (Wildman–Crippen MR) is 87.5 cm³/mol. The zero-order valence-corrected chi connectivity index (χ0v) is 14.2. The van der Waals surface area contributed by atoms with Gasteiger partial charge in [0.05, 0.1) is 26.3 Å². The molecule has 0 aliphatic carbocycles. The van der Waals surface area contributed by atoms with E-state index in [9.17, 15) is 13.5 Å². The summed E-state index contributed by atoms with van der Waals surface area (Å²) in [6.45, 7) is 0. The molecule has 2 aromatic rings. The first-order valence-corrected chi connectivity index (χ1v) is 8.50. The molecule has 0 aliphatic heterocycles. The summed E-state index contributed by atoms with van der Waals surface area (Å²) in [5.41, 5.74) is 5.50. The van der Waals surface area contributed by atoms with Gasteiger partial charge in [0, 0.05) is 4.47 Å². The molecule has 21 heavy (non-hydrogen) atoms. The van der Waals surface area contributed by atoms with E-state index < -0.39 is 10.0 Å². The number of nitrogens with one attached hydrogen (secondary N) is 1. The maximum atomic E-state index is 12.3. The highest BCUT2D eigenvalue weighted by molar-refractivity contribution is 9.10. The normalized spacial score (nSPS) is 11.4. The van der Waals surface area contributed by atoms with Crippen molar-refractivity contribution in [3.05, 3.63) is 44.8 Å². The Morgan fingerprint density at radius 1 is 1.14 bits per heavy atom. The van der Waals surface area contributed by atoms with Crippen LogP contribution in [0.1, 0.15) is 0 Å². The summed E-state index contributed by atoms with van der Waals surface area (Å²) in [6.07, 6.45) is 0. The van der Waals surface area contributed by atoms with Gasteiger partial charge >= 0.3 is 0 Å². The van der Waals surface area contributed by atoms with Crippen LogP contribution in [0.2, 0.25) is 10.0 Å². The fourth-order valence-electron chi connectivity index (χ4n) is 1.53. The van der Waals surface area contributed by atoms with E-state index >= 15 is 0 Å². The summed E-state index contributed by atoms with van der Waals surface area (Å²) in [5, 5.41) is 9.62. The number of phenols is 1. The molecule has 0 aromatic heterocycles. The summed E-state index contributed by atoms with van der Waals surface area (Å²) in [7, 11) is -3.94. The molecule has 0 radical (unpaired) electrons. The van der Waals surface area contributed by atoms with E-state index in [0.29, 0.717) is 4.47 Å². The molecule has 0 unspecified atom stereocenters. The van der Waals surface area contributed by atoms with Crippen LogP contribution >= 0.6 is 39.1 Å². The fraction of sp³-hybridized carbons (Fsp3) is 0. The number of benzene rings is 2. The topological polar surface area (TPSA) is 92.4 Å². The molecule has 0 spiro atoms. The van der Waals surface area contributed by atoms with Crippen LogP contribution in [0.3, 0.4) is 0 Å². The number of rotatable bonds is 3. The van der Waals surface area contributed by atoms with E-state index in [1.54, 1.807) is 0 Å². The Hall–Kier alpha value is -1.15. The molecule has 2 rings (SSSR count). The van der Waals surface area contributed by atoms with E-state index in [4.69, 9.17) is 28.9 Å². The second kappa shape index (κ2) is 5.92. The second-order valence-electron chi connectivity index (χ2n) is 4.07. The minimum absolute atomic E-state index is 0.0501. The molecule has 0 saturated heterocycles. The molecule has 0 aliphatic rings. The van der Waals surface area contributed by atoms with Crippen LogP contribution in [0, 0.1) is 0 Å². The van der Waals surface area contributed by atoms with E-state index in [-0.39, 0.29) is 32.1 Å². The van der Waals surface area contributed by atoms with Gasteiger partial charge in [-0.15, -0.1) is 0 Å². The van der Waals surface area contributed by atoms with Crippen molar-refractivity contribution >= 4 is 60.5 Å². The third kappa shape index (κ3) is 3.55. The number of hydrogen-bond donors (Lipinski definition) is 3. The molecule has 0 bridgehead atoms. The molecule has 0 atom stereocenters. The molecule has 0 heterocycles. The number of aromatic hydroxyl groups is 1. The van der Waals surface area contributed by atoms with Crippen molar-refractivity contribution in [1.29, 1.82) is 0 Å². The zero-order chi connectivity index (χ0) is 15.8. The summed E-state index contributed by atoms with van der Waals surface area (Å²) < 4.78 is 27.5. The smallest absolute Gasteiger partial charge is 0.262 e. The molecule has 0 fully saturated rings. The van der Waals surface area contributed by atoms with Gasteiger partial charge in [-0.2, -0.15) is 0 Å². The Kier molecular flexibility index (Phi) is 4.57. The Bertz CT molecular complexity index is 789. The summed E-state index contributed by atoms with van der Waals surface area (Å²) in [5.74, 6) is -0.200. The lowest BCUT2D eigenvalue weighted by molar-refractivity contribution is 0.477. The lowest BCUT2D eigenvalue weighted by atomic mass is 10.3. The van der Waals surface area contributed by atoms with E-state index in [1.807, 2.05) is 0 Å². The number of sulfonamides is 1. The van der Waals surface area contributed by atoms with Crippen LogP contribution in [0.15, 0.2) is 39.7 Å². The van der Waals surface area contributed by atoms with Gasteiger partial charge in [0.15, 0.2) is 0 Å². The van der Waals surface area contributed by atoms with Gasteiger partial charge in [0.25, 0.3) is 10.0 Å². The molecule has 9 heteroatoms. The van der Waals surface area contributed by atoms with Crippen LogP contribution in [0.25, 0.3) is 0 Å². The van der Waals surface area contributed by atoms with E-state index in [2.05, 4.69) is 20.7 Å². The first kappa shape index (κ1) is 16.2. The van der Waals surface area contributed by atoms with Gasteiger partial charge < -0.3 is 10.8 Å². The SMILES string of the molecule is Nc1cc(S(=O)(=O)Nc2c(Cl)cc(Br)cc2Cl)ccc1O. The van der Waals surface area contributed by atoms with Crippen molar-refractivity contribution < 1.29 is 13.5 Å². The molecule has 0 saturated carbocycles. The average molecular weight is 412 g/mol. The number of anilines is 2. The van der Waals surface area contributed by atoms with Crippen LogP contribution < -0.4 is 10.5 Å². The lowest BCUT2D eigenvalue weighted by Gasteiger charge is -2.12. The molecule has 112 valence electrons. The average Bonchev–Trinajstić information content (AvgIpc) is 2.37. The molecular weight excluding hydrogens is 403 g/mol. The molecule has 4 N–H and O–H groups in total. The lowest BCUT2D eigenvalue weighted by Crippen LogP contribution is -2.14. The Morgan fingerprint density at radius 3 is 2.24 bits per heavy atom. The van der Waals surface area contributed by atoms with Crippen molar-refractivity contribution in [3.63, 3.8) is 0 Å². The van der Waals surface area contributed by atoms with Gasteiger partial charge in [-0.05, 0) is 30.3 Å². The van der Waals surface area contributed by atoms with Crippen molar-refractivity contribution in [1.82, 2.24) is 0 Å². The van der Waals surface area contributed by atoms with Gasteiger partial charge in [0.2, 0.25) is 0 Å². The van der Waals surface area contributed by atoms with Gasteiger partial charge in [-0.1, -0.05) is 39.1 Å². The Labute approximate surface area is 139 Å². The van der Waals surface area contributed by atoms with Crippen molar-refractivity contribution in [2.24, 2.45) is 0 Å². The Morgan fingerprint density at radius 2 is 1.71 bits per heavy atom. The van der Waals surface area contributed by atoms with Crippen molar-refractivity contribution in [2.75, 3.05) is 10.5 Å². The van der Waals surface area contributed by atoms with Crippen LogP contribution in [0.4, 0.5) is 11.4 Å². The standard InChI is InChI=1S/C12H9BrCl2N2O3S/c13-6-3-8(14)12(9(15)4-6)17-21(19,20)7-1-2-11(18)10(16)5-7/h1-5,17-18H,16H2. The number of halogens is 3. The number of phenolic OH excluding ortho intramolecular Hbond substituents is 1.